The Bertz CT molecular complexity index is 806. The van der Waals surface area contributed by atoms with Crippen LogP contribution in [0, 0.1) is 5.41 Å². The molecule has 0 saturated heterocycles. The number of hydrogen-bond acceptors (Lipinski definition) is 4. The second-order valence-corrected chi connectivity index (χ2v) is 7.31. The summed E-state index contributed by atoms with van der Waals surface area (Å²) in [5, 5.41) is 14.6. The number of nitrogens with zero attached hydrogens (tertiary/aromatic N) is 2. The maximum atomic E-state index is 12.1. The highest BCUT2D eigenvalue weighted by molar-refractivity contribution is 5.89. The van der Waals surface area contributed by atoms with E-state index in [1.807, 2.05) is 24.3 Å². The summed E-state index contributed by atoms with van der Waals surface area (Å²) in [6, 6.07) is 7.51. The molecule has 2 aliphatic rings. The number of rotatable bonds is 4. The molecule has 6 nitrogen and oxygen atoms in total. The van der Waals surface area contributed by atoms with E-state index >= 15 is 0 Å². The smallest absolute Gasteiger partial charge is 0.354 e. The van der Waals surface area contributed by atoms with Crippen molar-refractivity contribution in [3.63, 3.8) is 0 Å². The van der Waals surface area contributed by atoms with Crippen molar-refractivity contribution in [2.24, 2.45) is 11.3 Å². The quantitative estimate of drug-likeness (QED) is 0.834. The summed E-state index contributed by atoms with van der Waals surface area (Å²) in [7, 11) is 0. The van der Waals surface area contributed by atoms with E-state index in [2.05, 4.69) is 5.10 Å². The molecule has 0 aliphatic heterocycles. The van der Waals surface area contributed by atoms with Crippen molar-refractivity contribution in [3.8, 4) is 5.69 Å². The highest BCUT2D eigenvalue weighted by atomic mass is 16.6. The first-order valence-electron chi connectivity index (χ1n) is 8.88. The van der Waals surface area contributed by atoms with Gasteiger partial charge in [-0.25, -0.2) is 15.4 Å². The van der Waals surface area contributed by atoms with Gasteiger partial charge < -0.3 is 5.11 Å². The third kappa shape index (κ3) is 2.75. The lowest BCUT2D eigenvalue weighted by atomic mass is 9.71. The van der Waals surface area contributed by atoms with Gasteiger partial charge in [-0.05, 0) is 43.6 Å². The average Bonchev–Trinajstić information content (AvgIpc) is 3.20. The molecule has 4 rings (SSSR count). The van der Waals surface area contributed by atoms with Gasteiger partial charge in [0.05, 0.1) is 18.0 Å². The summed E-state index contributed by atoms with van der Waals surface area (Å²) in [5.74, 6) is 4.31. The molecule has 1 aromatic carbocycles. The zero-order valence-corrected chi connectivity index (χ0v) is 14.2. The Hall–Kier alpha value is -2.18. The summed E-state index contributed by atoms with van der Waals surface area (Å²) < 4.78 is 1.58. The predicted molar refractivity (Wildman–Crippen MR) is 92.4 cm³/mol. The second kappa shape index (κ2) is 6.28. The van der Waals surface area contributed by atoms with Crippen LogP contribution in [0.3, 0.4) is 0 Å². The number of carboxylic acids is 1. The lowest BCUT2D eigenvalue weighted by molar-refractivity contribution is 0.0684. The first-order chi connectivity index (χ1) is 12.1. The van der Waals surface area contributed by atoms with Gasteiger partial charge in [0.15, 0.2) is 5.69 Å². The van der Waals surface area contributed by atoms with Crippen molar-refractivity contribution in [1.29, 1.82) is 0 Å². The molecular weight excluding hydrogens is 318 g/mol. The predicted octanol–water partition coefficient (Wildman–Crippen LogP) is 3.01. The molecule has 3 N–H and O–H groups in total. The summed E-state index contributed by atoms with van der Waals surface area (Å²) in [6.07, 6.45) is 7.72. The van der Waals surface area contributed by atoms with Gasteiger partial charge >= 0.3 is 5.97 Å². The standard InChI is InChI=1S/C19H23N3O3/c20-25-12-13-5-1-2-6-16(13)22-17(18(23)24)14-11-19(8-3-4-9-19)10-7-15(14)21-22/h1-2,5-6H,3-4,7-12,20H2,(H,23,24). The van der Waals surface area contributed by atoms with Gasteiger partial charge in [0.25, 0.3) is 0 Å². The Balaban J connectivity index is 1.83. The molecule has 2 aromatic rings. The summed E-state index contributed by atoms with van der Waals surface area (Å²) in [6.45, 7) is 0.212. The van der Waals surface area contributed by atoms with Crippen molar-refractivity contribution in [2.45, 2.75) is 51.6 Å². The van der Waals surface area contributed by atoms with Crippen LogP contribution in [0.5, 0.6) is 0 Å². The van der Waals surface area contributed by atoms with E-state index in [4.69, 9.17) is 10.7 Å². The molecule has 1 saturated carbocycles. The zero-order valence-electron chi connectivity index (χ0n) is 14.2. The van der Waals surface area contributed by atoms with Crippen LogP contribution in [-0.2, 0) is 24.3 Å². The van der Waals surface area contributed by atoms with E-state index < -0.39 is 5.97 Å². The molecule has 132 valence electrons. The van der Waals surface area contributed by atoms with Crippen LogP contribution in [0.1, 0.15) is 59.4 Å². The van der Waals surface area contributed by atoms with Gasteiger partial charge in [-0.2, -0.15) is 5.10 Å². The molecule has 0 radical (unpaired) electrons. The van der Waals surface area contributed by atoms with Crippen molar-refractivity contribution < 1.29 is 14.7 Å². The third-order valence-corrected chi connectivity index (χ3v) is 5.84. The molecule has 1 fully saturated rings. The van der Waals surface area contributed by atoms with Crippen molar-refractivity contribution >= 4 is 5.97 Å². The Labute approximate surface area is 146 Å². The number of nitrogens with two attached hydrogens (primary N) is 1. The SMILES string of the molecule is NOCc1ccccc1-n1nc2c(c1C(=O)O)CC1(CCCC1)CC2. The maximum Gasteiger partial charge on any atom is 0.354 e. The minimum Gasteiger partial charge on any atom is -0.476 e. The number of para-hydroxylation sites is 1. The fourth-order valence-corrected chi connectivity index (χ4v) is 4.60. The Morgan fingerprint density at radius 2 is 2.04 bits per heavy atom. The minimum atomic E-state index is -0.924. The van der Waals surface area contributed by atoms with E-state index in [0.29, 0.717) is 5.69 Å². The largest absolute Gasteiger partial charge is 0.476 e. The average molecular weight is 341 g/mol. The van der Waals surface area contributed by atoms with Gasteiger partial charge in [-0.15, -0.1) is 0 Å². The fraction of sp³-hybridized carbons (Fsp3) is 0.474. The van der Waals surface area contributed by atoms with Gasteiger partial charge in [-0.1, -0.05) is 31.0 Å². The van der Waals surface area contributed by atoms with Gasteiger partial charge in [0, 0.05) is 11.1 Å². The molecule has 0 unspecified atom stereocenters. The number of fused-ring (bicyclic) bond motifs is 1. The van der Waals surface area contributed by atoms with Gasteiger partial charge in [-0.3, -0.25) is 4.84 Å². The Morgan fingerprint density at radius 3 is 2.76 bits per heavy atom. The number of aryl methyl sites for hydroxylation is 1. The van der Waals surface area contributed by atoms with Crippen LogP contribution in [0.15, 0.2) is 24.3 Å². The number of aromatic nitrogens is 2. The number of carbonyl (C=O) groups is 1. The molecular formula is C19H23N3O3. The summed E-state index contributed by atoms with van der Waals surface area (Å²) >= 11 is 0. The van der Waals surface area contributed by atoms with E-state index in [1.165, 1.54) is 25.7 Å². The van der Waals surface area contributed by atoms with E-state index in [9.17, 15) is 9.90 Å². The molecule has 0 atom stereocenters. The van der Waals surface area contributed by atoms with Crippen molar-refractivity contribution in [1.82, 2.24) is 9.78 Å². The Kier molecular flexibility index (Phi) is 4.09. The summed E-state index contributed by atoms with van der Waals surface area (Å²) in [5.41, 5.74) is 3.97. The van der Waals surface area contributed by atoms with Crippen LogP contribution in [-0.4, -0.2) is 20.9 Å². The molecule has 1 aromatic heterocycles. The van der Waals surface area contributed by atoms with Crippen LogP contribution in [0.2, 0.25) is 0 Å². The molecule has 2 aliphatic carbocycles. The van der Waals surface area contributed by atoms with E-state index in [0.717, 1.165) is 41.8 Å². The number of carboxylic acid groups (broad SMARTS) is 1. The number of aromatic carboxylic acids is 1. The molecule has 1 heterocycles. The lowest BCUT2D eigenvalue weighted by Gasteiger charge is -2.32. The fourth-order valence-electron chi connectivity index (χ4n) is 4.60. The highest BCUT2D eigenvalue weighted by Gasteiger charge is 2.40. The normalized spacial score (nSPS) is 18.4. The van der Waals surface area contributed by atoms with Crippen LogP contribution < -0.4 is 5.90 Å². The second-order valence-electron chi connectivity index (χ2n) is 7.31. The van der Waals surface area contributed by atoms with Crippen molar-refractivity contribution in [2.75, 3.05) is 0 Å². The Morgan fingerprint density at radius 1 is 1.28 bits per heavy atom. The van der Waals surface area contributed by atoms with Crippen LogP contribution in [0.25, 0.3) is 5.69 Å². The molecule has 25 heavy (non-hydrogen) atoms. The van der Waals surface area contributed by atoms with E-state index in [1.54, 1.807) is 4.68 Å². The molecule has 0 amide bonds. The molecule has 6 heteroatoms. The van der Waals surface area contributed by atoms with E-state index in [-0.39, 0.29) is 12.0 Å². The first kappa shape index (κ1) is 16.3. The summed E-state index contributed by atoms with van der Waals surface area (Å²) in [4.78, 5) is 16.9. The van der Waals surface area contributed by atoms with Crippen molar-refractivity contribution in [3.05, 3.63) is 46.8 Å². The first-order valence-corrected chi connectivity index (χ1v) is 8.88. The lowest BCUT2D eigenvalue weighted by Crippen LogP contribution is -2.26. The molecule has 0 bridgehead atoms. The molecule has 1 spiro atoms. The minimum absolute atomic E-state index is 0.212. The third-order valence-electron chi connectivity index (χ3n) is 5.84. The zero-order chi connectivity index (χ0) is 17.4. The number of benzene rings is 1. The number of hydrogen-bond donors (Lipinski definition) is 2. The van der Waals surface area contributed by atoms with Crippen LogP contribution >= 0.6 is 0 Å². The van der Waals surface area contributed by atoms with Gasteiger partial charge in [0.1, 0.15) is 0 Å². The topological polar surface area (TPSA) is 90.4 Å². The highest BCUT2D eigenvalue weighted by Crippen LogP contribution is 2.48. The van der Waals surface area contributed by atoms with Crippen LogP contribution in [0.4, 0.5) is 0 Å². The monoisotopic (exact) mass is 341 g/mol. The maximum absolute atomic E-state index is 12.1. The van der Waals surface area contributed by atoms with Gasteiger partial charge in [0.2, 0.25) is 0 Å².